The molecular formula is C12H14N4O2S. The van der Waals surface area contributed by atoms with Crippen molar-refractivity contribution < 1.29 is 9.47 Å². The quantitative estimate of drug-likeness (QED) is 0.687. The van der Waals surface area contributed by atoms with Crippen LogP contribution >= 0.6 is 12.2 Å². The largest absolute Gasteiger partial charge is 0.497 e. The maximum absolute atomic E-state index is 5.29. The van der Waals surface area contributed by atoms with Gasteiger partial charge in [0.2, 0.25) is 4.77 Å². The molecule has 0 amide bonds. The number of nitrogens with zero attached hydrogens (tertiary/aromatic N) is 3. The van der Waals surface area contributed by atoms with Crippen LogP contribution < -0.4 is 9.47 Å². The number of hydrogen-bond acceptors (Lipinski definition) is 5. The molecule has 6 nitrogen and oxygen atoms in total. The van der Waals surface area contributed by atoms with Gasteiger partial charge < -0.3 is 9.47 Å². The van der Waals surface area contributed by atoms with Crippen LogP contribution in [-0.2, 0) is 0 Å². The van der Waals surface area contributed by atoms with Crippen LogP contribution in [0.2, 0.25) is 0 Å². The first-order valence-electron chi connectivity index (χ1n) is 5.56. The smallest absolute Gasteiger partial charge is 0.216 e. The van der Waals surface area contributed by atoms with Crippen LogP contribution in [0, 0.1) is 11.7 Å². The molecule has 1 N–H and O–H groups in total. The van der Waals surface area contributed by atoms with Gasteiger partial charge in [-0.05, 0) is 31.3 Å². The molecule has 1 aromatic heterocycles. The van der Waals surface area contributed by atoms with E-state index in [1.54, 1.807) is 31.2 Å². The fourth-order valence-electron chi connectivity index (χ4n) is 1.55. The number of rotatable bonds is 4. The van der Waals surface area contributed by atoms with Crippen LogP contribution in [0.25, 0.3) is 0 Å². The first-order chi connectivity index (χ1) is 9.15. The molecule has 0 saturated carbocycles. The Balaban J connectivity index is 2.36. The molecule has 0 saturated heterocycles. The van der Waals surface area contributed by atoms with Crippen molar-refractivity contribution in [3.05, 3.63) is 34.4 Å². The molecule has 0 radical (unpaired) electrons. The second kappa shape index (κ2) is 5.66. The number of methoxy groups -OCH3 is 2. The van der Waals surface area contributed by atoms with Crippen molar-refractivity contribution in [1.29, 1.82) is 0 Å². The van der Waals surface area contributed by atoms with E-state index in [0.717, 1.165) is 11.3 Å². The zero-order chi connectivity index (χ0) is 13.8. The molecule has 19 heavy (non-hydrogen) atoms. The van der Waals surface area contributed by atoms with E-state index >= 15 is 0 Å². The average molecular weight is 278 g/mol. The number of aromatic amines is 1. The lowest BCUT2D eigenvalue weighted by atomic mass is 10.2. The number of hydrogen-bond donors (Lipinski definition) is 1. The molecular weight excluding hydrogens is 264 g/mol. The highest BCUT2D eigenvalue weighted by Crippen LogP contribution is 2.23. The number of nitrogens with one attached hydrogen (secondary N) is 1. The second-order valence-corrected chi connectivity index (χ2v) is 4.13. The minimum Gasteiger partial charge on any atom is -0.497 e. The monoisotopic (exact) mass is 278 g/mol. The van der Waals surface area contributed by atoms with Crippen LogP contribution in [0.1, 0.15) is 11.4 Å². The second-order valence-electron chi connectivity index (χ2n) is 3.74. The number of aromatic nitrogens is 3. The Morgan fingerprint density at radius 3 is 2.74 bits per heavy atom. The molecule has 0 aliphatic rings. The summed E-state index contributed by atoms with van der Waals surface area (Å²) in [6.07, 6.45) is 1.66. The van der Waals surface area contributed by atoms with Gasteiger partial charge in [-0.2, -0.15) is 14.9 Å². The van der Waals surface area contributed by atoms with Crippen molar-refractivity contribution in [2.75, 3.05) is 14.2 Å². The summed E-state index contributed by atoms with van der Waals surface area (Å²) in [5.41, 5.74) is 0.825. The van der Waals surface area contributed by atoms with Crippen molar-refractivity contribution in [1.82, 2.24) is 14.9 Å². The van der Waals surface area contributed by atoms with Crippen LogP contribution in [0.4, 0.5) is 0 Å². The zero-order valence-electron chi connectivity index (χ0n) is 10.9. The standard InChI is InChI=1S/C12H14N4O2S/c1-8-14-15-12(19)16(8)13-7-9-4-5-10(17-2)6-11(9)18-3/h4-7H,1-3H3,(H,15,19). The molecule has 1 heterocycles. The highest BCUT2D eigenvalue weighted by atomic mass is 32.1. The normalized spacial score (nSPS) is 10.9. The Labute approximate surface area is 115 Å². The van der Waals surface area contributed by atoms with Crippen LogP contribution in [-0.4, -0.2) is 35.3 Å². The van der Waals surface area contributed by atoms with Gasteiger partial charge in [-0.25, -0.2) is 0 Å². The van der Waals surface area contributed by atoms with E-state index in [1.165, 1.54) is 0 Å². The predicted molar refractivity (Wildman–Crippen MR) is 74.7 cm³/mol. The Hall–Kier alpha value is -2.15. The molecule has 0 atom stereocenters. The van der Waals surface area contributed by atoms with Gasteiger partial charge in [0, 0.05) is 11.6 Å². The first-order valence-corrected chi connectivity index (χ1v) is 5.97. The molecule has 100 valence electrons. The summed E-state index contributed by atoms with van der Waals surface area (Å²) in [5.74, 6) is 2.09. The van der Waals surface area contributed by atoms with E-state index < -0.39 is 0 Å². The summed E-state index contributed by atoms with van der Waals surface area (Å²) in [6, 6.07) is 5.49. The number of ether oxygens (including phenoxy) is 2. The molecule has 0 aliphatic heterocycles. The lowest BCUT2D eigenvalue weighted by Gasteiger charge is -2.06. The van der Waals surface area contributed by atoms with Gasteiger partial charge in [0.1, 0.15) is 17.3 Å². The van der Waals surface area contributed by atoms with Gasteiger partial charge >= 0.3 is 0 Å². The third-order valence-corrected chi connectivity index (χ3v) is 2.83. The number of H-pyrrole nitrogens is 1. The summed E-state index contributed by atoms with van der Waals surface area (Å²) in [6.45, 7) is 1.81. The molecule has 0 fully saturated rings. The van der Waals surface area contributed by atoms with E-state index in [1.807, 2.05) is 19.1 Å². The van der Waals surface area contributed by atoms with Crippen LogP contribution in [0.15, 0.2) is 23.3 Å². The fourth-order valence-corrected chi connectivity index (χ4v) is 1.78. The molecule has 0 spiro atoms. The van der Waals surface area contributed by atoms with Gasteiger partial charge in [-0.15, -0.1) is 0 Å². The van der Waals surface area contributed by atoms with Crippen LogP contribution in [0.3, 0.4) is 0 Å². The van der Waals surface area contributed by atoms with Crippen LogP contribution in [0.5, 0.6) is 11.5 Å². The van der Waals surface area contributed by atoms with Gasteiger partial charge in [-0.1, -0.05) is 0 Å². The van der Waals surface area contributed by atoms with Crippen molar-refractivity contribution in [3.63, 3.8) is 0 Å². The van der Waals surface area contributed by atoms with E-state index in [0.29, 0.717) is 16.3 Å². The van der Waals surface area contributed by atoms with E-state index in [4.69, 9.17) is 21.7 Å². The first kappa shape index (κ1) is 13.3. The summed E-state index contributed by atoms with van der Waals surface area (Å²) in [5, 5.41) is 10.9. The Morgan fingerprint density at radius 1 is 1.37 bits per heavy atom. The lowest BCUT2D eigenvalue weighted by Crippen LogP contribution is -1.96. The molecule has 0 bridgehead atoms. The predicted octanol–water partition coefficient (Wildman–Crippen LogP) is 2.15. The molecule has 2 aromatic rings. The van der Waals surface area contributed by atoms with E-state index in [2.05, 4.69) is 15.3 Å². The number of benzene rings is 1. The summed E-state index contributed by atoms with van der Waals surface area (Å²) in [7, 11) is 3.21. The van der Waals surface area contributed by atoms with Gasteiger partial charge in [0.05, 0.1) is 20.4 Å². The molecule has 1 aromatic carbocycles. The van der Waals surface area contributed by atoms with E-state index in [-0.39, 0.29) is 0 Å². The summed E-state index contributed by atoms with van der Waals surface area (Å²) >= 11 is 5.07. The average Bonchev–Trinajstić information content (AvgIpc) is 2.75. The topological polar surface area (TPSA) is 64.4 Å². The highest BCUT2D eigenvalue weighted by Gasteiger charge is 2.03. The molecule has 0 aliphatic carbocycles. The molecule has 2 rings (SSSR count). The summed E-state index contributed by atoms with van der Waals surface area (Å²) in [4.78, 5) is 0. The Kier molecular flexibility index (Phi) is 3.96. The van der Waals surface area contributed by atoms with E-state index in [9.17, 15) is 0 Å². The minimum atomic E-state index is 0.446. The van der Waals surface area contributed by atoms with Crippen molar-refractivity contribution >= 4 is 18.4 Å². The maximum atomic E-state index is 5.29. The Morgan fingerprint density at radius 2 is 2.16 bits per heavy atom. The highest BCUT2D eigenvalue weighted by molar-refractivity contribution is 7.71. The SMILES string of the molecule is COc1ccc(C=Nn2c(C)n[nH]c2=S)c(OC)c1. The summed E-state index contributed by atoms with van der Waals surface area (Å²) < 4.78 is 12.4. The molecule has 0 unspecified atom stereocenters. The third-order valence-electron chi connectivity index (χ3n) is 2.57. The maximum Gasteiger partial charge on any atom is 0.216 e. The van der Waals surface area contributed by atoms with Gasteiger partial charge in [0.25, 0.3) is 0 Å². The van der Waals surface area contributed by atoms with Crippen molar-refractivity contribution in [3.8, 4) is 11.5 Å². The number of aryl methyl sites for hydroxylation is 1. The van der Waals surface area contributed by atoms with Gasteiger partial charge in [-0.3, -0.25) is 5.10 Å². The third kappa shape index (κ3) is 2.82. The van der Waals surface area contributed by atoms with Gasteiger partial charge in [0.15, 0.2) is 0 Å². The lowest BCUT2D eigenvalue weighted by molar-refractivity contribution is 0.394. The molecule has 7 heteroatoms. The fraction of sp³-hybridized carbons (Fsp3) is 0.250. The zero-order valence-corrected chi connectivity index (χ0v) is 11.7. The minimum absolute atomic E-state index is 0.446. The Bertz CT molecular complexity index is 660. The van der Waals surface area contributed by atoms with Crippen molar-refractivity contribution in [2.45, 2.75) is 6.92 Å². The van der Waals surface area contributed by atoms with Crippen molar-refractivity contribution in [2.24, 2.45) is 5.10 Å².